The van der Waals surface area contributed by atoms with Gasteiger partial charge in [-0.05, 0) is 55.1 Å². The number of rotatable bonds is 5. The van der Waals surface area contributed by atoms with Crippen LogP contribution in [0.5, 0.6) is 0 Å². The Kier molecular flexibility index (Phi) is 6.69. The first-order valence-electron chi connectivity index (χ1n) is 10.4. The molecule has 1 saturated heterocycles. The number of piperazine rings is 1. The number of amides is 1. The van der Waals surface area contributed by atoms with E-state index in [0.717, 1.165) is 36.4 Å². The molecular formula is C24H23ClFN3O3S. The van der Waals surface area contributed by atoms with E-state index < -0.39 is 15.8 Å². The Bertz CT molecular complexity index is 1250. The summed E-state index contributed by atoms with van der Waals surface area (Å²) >= 11 is 6.23. The second kappa shape index (κ2) is 9.51. The van der Waals surface area contributed by atoms with Gasteiger partial charge in [-0.25, -0.2) is 12.8 Å². The highest BCUT2D eigenvalue weighted by Crippen LogP contribution is 2.30. The van der Waals surface area contributed by atoms with Crippen molar-refractivity contribution < 1.29 is 17.6 Å². The van der Waals surface area contributed by atoms with Gasteiger partial charge in [-0.15, -0.1) is 0 Å². The van der Waals surface area contributed by atoms with Crippen molar-refractivity contribution in [2.75, 3.05) is 31.4 Å². The van der Waals surface area contributed by atoms with Crippen LogP contribution in [0.2, 0.25) is 5.02 Å². The van der Waals surface area contributed by atoms with Gasteiger partial charge in [0.2, 0.25) is 0 Å². The summed E-state index contributed by atoms with van der Waals surface area (Å²) in [5.41, 5.74) is 1.43. The molecule has 9 heteroatoms. The lowest BCUT2D eigenvalue weighted by Crippen LogP contribution is -2.49. The lowest BCUT2D eigenvalue weighted by atomic mass is 10.0. The van der Waals surface area contributed by atoms with Crippen molar-refractivity contribution in [2.24, 2.45) is 0 Å². The maximum absolute atomic E-state index is 13.5. The van der Waals surface area contributed by atoms with E-state index in [1.54, 1.807) is 11.0 Å². The lowest BCUT2D eigenvalue weighted by Gasteiger charge is -2.40. The van der Waals surface area contributed by atoms with Gasteiger partial charge in [0.25, 0.3) is 15.9 Å². The molecule has 3 aromatic rings. The summed E-state index contributed by atoms with van der Waals surface area (Å²) in [5.74, 6) is -0.754. The third kappa shape index (κ3) is 5.19. The fourth-order valence-corrected chi connectivity index (χ4v) is 5.13. The van der Waals surface area contributed by atoms with Crippen molar-refractivity contribution in [3.63, 3.8) is 0 Å². The summed E-state index contributed by atoms with van der Waals surface area (Å²) in [6, 6.07) is 18.6. The van der Waals surface area contributed by atoms with E-state index in [1.807, 2.05) is 37.4 Å². The van der Waals surface area contributed by atoms with E-state index in [1.165, 1.54) is 12.1 Å². The number of carbonyl (C=O) groups excluding carboxylic acids is 1. The number of anilines is 1. The van der Waals surface area contributed by atoms with Gasteiger partial charge in [0, 0.05) is 25.2 Å². The third-order valence-corrected chi connectivity index (χ3v) is 7.32. The van der Waals surface area contributed by atoms with Crippen molar-refractivity contribution in [1.82, 2.24) is 9.80 Å². The Morgan fingerprint density at radius 2 is 1.73 bits per heavy atom. The van der Waals surface area contributed by atoms with Crippen LogP contribution in [-0.4, -0.2) is 50.8 Å². The largest absolute Gasteiger partial charge is 0.329 e. The molecule has 0 saturated carbocycles. The van der Waals surface area contributed by atoms with E-state index in [-0.39, 0.29) is 27.6 Å². The van der Waals surface area contributed by atoms with E-state index in [4.69, 9.17) is 11.6 Å². The zero-order valence-electron chi connectivity index (χ0n) is 17.9. The Morgan fingerprint density at radius 1 is 1.03 bits per heavy atom. The molecule has 0 aliphatic carbocycles. The highest BCUT2D eigenvalue weighted by atomic mass is 35.5. The maximum Gasteiger partial charge on any atom is 0.261 e. The Hall–Kier alpha value is -2.94. The average Bonchev–Trinajstić information content (AvgIpc) is 2.81. The van der Waals surface area contributed by atoms with Gasteiger partial charge in [-0.3, -0.25) is 9.52 Å². The lowest BCUT2D eigenvalue weighted by molar-refractivity contribution is 0.0498. The molecule has 1 unspecified atom stereocenters. The summed E-state index contributed by atoms with van der Waals surface area (Å²) < 4.78 is 41.0. The second-order valence-electron chi connectivity index (χ2n) is 7.94. The fourth-order valence-electron chi connectivity index (χ4n) is 3.84. The van der Waals surface area contributed by atoms with Crippen molar-refractivity contribution in [2.45, 2.75) is 10.9 Å². The number of sulfonamides is 1. The molecule has 1 aliphatic rings. The predicted molar refractivity (Wildman–Crippen MR) is 126 cm³/mol. The second-order valence-corrected chi connectivity index (χ2v) is 10.0. The number of benzene rings is 3. The van der Waals surface area contributed by atoms with Crippen LogP contribution in [0.1, 0.15) is 22.0 Å². The molecule has 1 atom stereocenters. The molecule has 0 radical (unpaired) electrons. The summed E-state index contributed by atoms with van der Waals surface area (Å²) in [6.07, 6.45) is 0. The van der Waals surface area contributed by atoms with Crippen molar-refractivity contribution in [1.29, 1.82) is 0 Å². The molecule has 0 bridgehead atoms. The Labute approximate surface area is 197 Å². The number of likely N-dealkylation sites (N-methyl/N-ethyl adjacent to an activating group) is 1. The van der Waals surface area contributed by atoms with E-state index >= 15 is 0 Å². The number of carbonyl (C=O) groups is 1. The Morgan fingerprint density at radius 3 is 2.42 bits per heavy atom. The molecule has 4 rings (SSSR count). The average molecular weight is 488 g/mol. The van der Waals surface area contributed by atoms with Crippen LogP contribution in [0.15, 0.2) is 77.7 Å². The number of hydrogen-bond acceptors (Lipinski definition) is 4. The molecule has 172 valence electrons. The normalized spacial score (nSPS) is 17.1. The van der Waals surface area contributed by atoms with Crippen LogP contribution in [0.4, 0.5) is 10.1 Å². The van der Waals surface area contributed by atoms with Crippen molar-refractivity contribution in [3.05, 3.63) is 94.8 Å². The van der Waals surface area contributed by atoms with Crippen LogP contribution in [0.3, 0.4) is 0 Å². The number of hydrogen-bond donors (Lipinski definition) is 1. The standard InChI is InChI=1S/C24H23ClFN3O3S/c1-28-13-14-29(23(16-28)17-5-3-2-4-6-17)24(30)18-7-12-21(25)22(15-18)27-33(31,32)20-10-8-19(26)9-11-20/h2-12,15,23,27H,13-14,16H2,1H3. The molecule has 6 nitrogen and oxygen atoms in total. The minimum atomic E-state index is -4.01. The van der Waals surface area contributed by atoms with E-state index in [2.05, 4.69) is 9.62 Å². The molecular weight excluding hydrogens is 465 g/mol. The predicted octanol–water partition coefficient (Wildman–Crippen LogP) is 4.41. The number of nitrogens with one attached hydrogen (secondary N) is 1. The first-order valence-corrected chi connectivity index (χ1v) is 12.2. The molecule has 1 aliphatic heterocycles. The van der Waals surface area contributed by atoms with Gasteiger partial charge in [-0.2, -0.15) is 0 Å². The van der Waals surface area contributed by atoms with Crippen molar-refractivity contribution >= 4 is 33.2 Å². The van der Waals surface area contributed by atoms with Crippen LogP contribution in [-0.2, 0) is 10.0 Å². The van der Waals surface area contributed by atoms with Gasteiger partial charge in [0.1, 0.15) is 5.82 Å². The van der Waals surface area contributed by atoms with Crippen LogP contribution < -0.4 is 4.72 Å². The van der Waals surface area contributed by atoms with Gasteiger partial charge in [0.05, 0.1) is 21.6 Å². The third-order valence-electron chi connectivity index (χ3n) is 5.61. The van der Waals surface area contributed by atoms with Gasteiger partial charge < -0.3 is 9.80 Å². The highest BCUT2D eigenvalue weighted by Gasteiger charge is 2.31. The summed E-state index contributed by atoms with van der Waals surface area (Å²) in [5, 5.41) is 0.148. The monoisotopic (exact) mass is 487 g/mol. The fraction of sp³-hybridized carbons (Fsp3) is 0.208. The smallest absolute Gasteiger partial charge is 0.261 e. The number of halogens is 2. The summed E-state index contributed by atoms with van der Waals surface area (Å²) in [4.78, 5) is 17.3. The minimum absolute atomic E-state index is 0.0808. The molecule has 1 amide bonds. The topological polar surface area (TPSA) is 69.7 Å². The highest BCUT2D eigenvalue weighted by molar-refractivity contribution is 7.92. The zero-order valence-corrected chi connectivity index (χ0v) is 19.5. The molecule has 0 aromatic heterocycles. The molecule has 0 spiro atoms. The van der Waals surface area contributed by atoms with Crippen molar-refractivity contribution in [3.8, 4) is 0 Å². The van der Waals surface area contributed by atoms with E-state index in [0.29, 0.717) is 18.7 Å². The number of nitrogens with zero attached hydrogens (tertiary/aromatic N) is 2. The molecule has 1 fully saturated rings. The van der Waals surface area contributed by atoms with Crippen LogP contribution in [0, 0.1) is 5.82 Å². The molecule has 1 N–H and O–H groups in total. The molecule has 1 heterocycles. The first-order chi connectivity index (χ1) is 15.7. The Balaban J connectivity index is 1.62. The molecule has 3 aromatic carbocycles. The zero-order chi connectivity index (χ0) is 23.6. The minimum Gasteiger partial charge on any atom is -0.329 e. The van der Waals surface area contributed by atoms with E-state index in [9.17, 15) is 17.6 Å². The SMILES string of the molecule is CN1CCN(C(=O)c2ccc(Cl)c(NS(=O)(=O)c3ccc(F)cc3)c2)C(c2ccccc2)C1. The van der Waals surface area contributed by atoms with Crippen LogP contribution >= 0.6 is 11.6 Å². The molecule has 33 heavy (non-hydrogen) atoms. The maximum atomic E-state index is 13.5. The summed E-state index contributed by atoms with van der Waals surface area (Å²) in [7, 11) is -2.00. The van der Waals surface area contributed by atoms with Gasteiger partial charge in [-0.1, -0.05) is 41.9 Å². The van der Waals surface area contributed by atoms with Gasteiger partial charge in [0.15, 0.2) is 0 Å². The van der Waals surface area contributed by atoms with Crippen LogP contribution in [0.25, 0.3) is 0 Å². The van der Waals surface area contributed by atoms with Gasteiger partial charge >= 0.3 is 0 Å². The summed E-state index contributed by atoms with van der Waals surface area (Å²) in [6.45, 7) is 1.95. The quantitative estimate of drug-likeness (QED) is 0.579. The first kappa shape index (κ1) is 23.2.